The average Bonchev–Trinajstić information content (AvgIpc) is 3.27. The van der Waals surface area contributed by atoms with Gasteiger partial charge in [-0.2, -0.15) is 5.10 Å². The smallest absolute Gasteiger partial charge is 0.323 e. The zero-order chi connectivity index (χ0) is 22.6. The van der Waals surface area contributed by atoms with E-state index in [2.05, 4.69) is 17.3 Å². The van der Waals surface area contributed by atoms with Gasteiger partial charge < -0.3 is 5.32 Å². The molecule has 0 bridgehead atoms. The van der Waals surface area contributed by atoms with Gasteiger partial charge in [0.15, 0.2) is 9.84 Å². The number of nitrogens with zero attached hydrogens (tertiary/aromatic N) is 4. The van der Waals surface area contributed by atoms with Crippen LogP contribution in [0.3, 0.4) is 0 Å². The van der Waals surface area contributed by atoms with Crippen LogP contribution in [0.2, 0.25) is 0 Å². The van der Waals surface area contributed by atoms with Crippen LogP contribution in [0.1, 0.15) is 62.0 Å². The molecule has 3 amide bonds. The summed E-state index contributed by atoms with van der Waals surface area (Å²) >= 11 is 0. The van der Waals surface area contributed by atoms with Crippen molar-refractivity contribution < 1.29 is 18.0 Å². The van der Waals surface area contributed by atoms with Crippen molar-refractivity contribution >= 4 is 21.8 Å². The van der Waals surface area contributed by atoms with E-state index in [-0.39, 0.29) is 42.1 Å². The lowest BCUT2D eigenvalue weighted by Crippen LogP contribution is -2.54. The molecule has 0 unspecified atom stereocenters. The Morgan fingerprint density at radius 3 is 2.61 bits per heavy atom. The van der Waals surface area contributed by atoms with Gasteiger partial charge in [-0.25, -0.2) is 18.1 Å². The second kappa shape index (κ2) is 7.88. The summed E-state index contributed by atoms with van der Waals surface area (Å²) in [7, 11) is -1.11. The van der Waals surface area contributed by atoms with Crippen molar-refractivity contribution in [3.63, 3.8) is 0 Å². The number of aromatic nitrogens is 2. The van der Waals surface area contributed by atoms with Crippen molar-refractivity contribution in [2.45, 2.75) is 71.0 Å². The number of nitrogens with one attached hydrogen (secondary N) is 1. The van der Waals surface area contributed by atoms with Crippen LogP contribution in [-0.2, 0) is 21.2 Å². The van der Waals surface area contributed by atoms with Crippen molar-refractivity contribution in [2.75, 3.05) is 25.2 Å². The molecular weight excluding hydrogens is 418 g/mol. The lowest BCUT2D eigenvalue weighted by Gasteiger charge is -2.37. The summed E-state index contributed by atoms with van der Waals surface area (Å²) in [5, 5.41) is 7.61. The molecule has 1 aliphatic carbocycles. The highest BCUT2D eigenvalue weighted by atomic mass is 32.2. The van der Waals surface area contributed by atoms with Crippen molar-refractivity contribution in [2.24, 2.45) is 5.92 Å². The number of hydrogen-bond donors (Lipinski definition) is 1. The second-order valence-corrected chi connectivity index (χ2v) is 11.8. The number of rotatable bonds is 5. The van der Waals surface area contributed by atoms with Gasteiger partial charge in [0.25, 0.3) is 5.91 Å². The SMILES string of the molecule is Cc1nn([C@@H]2CCS(=O)(=O)C2)c(C)c1CN(C)CN1C(=O)N[C@@]2(CCCC[C@H]2C)C1=O. The summed E-state index contributed by atoms with van der Waals surface area (Å²) in [6, 6.07) is -0.438. The lowest BCUT2D eigenvalue weighted by molar-refractivity contribution is -0.135. The van der Waals surface area contributed by atoms with Crippen molar-refractivity contribution in [1.82, 2.24) is 24.9 Å². The normalized spacial score (nSPS) is 30.5. The molecule has 3 atom stereocenters. The number of carbonyl (C=O) groups is 2. The molecule has 9 nitrogen and oxygen atoms in total. The van der Waals surface area contributed by atoms with Crippen LogP contribution >= 0.6 is 0 Å². The third-order valence-corrected chi connectivity index (χ3v) is 9.09. The number of aryl methyl sites for hydroxylation is 1. The molecule has 1 aromatic rings. The molecule has 3 fully saturated rings. The van der Waals surface area contributed by atoms with Crippen LogP contribution in [-0.4, -0.2) is 70.7 Å². The van der Waals surface area contributed by atoms with Crippen LogP contribution in [0.4, 0.5) is 4.79 Å². The predicted molar refractivity (Wildman–Crippen MR) is 116 cm³/mol. The maximum absolute atomic E-state index is 13.2. The van der Waals surface area contributed by atoms with E-state index < -0.39 is 15.4 Å². The molecule has 1 spiro atoms. The van der Waals surface area contributed by atoms with Crippen molar-refractivity contribution in [3.8, 4) is 0 Å². The number of sulfone groups is 1. The molecule has 4 rings (SSSR count). The standard InChI is InChI=1S/C21H33N5O4S/c1-14-7-5-6-9-21(14)19(27)25(20(28)22-21)13-24(4)11-18-15(2)23-26(16(18)3)17-8-10-31(29,30)12-17/h14,17H,5-13H2,1-4H3,(H,22,28)/t14-,17-,21-/m1/s1. The van der Waals surface area contributed by atoms with Gasteiger partial charge in [-0.15, -0.1) is 0 Å². The number of imide groups is 1. The molecular formula is C21H33N5O4S. The van der Waals surface area contributed by atoms with E-state index >= 15 is 0 Å². The molecule has 1 aromatic heterocycles. The van der Waals surface area contributed by atoms with Gasteiger partial charge in [-0.1, -0.05) is 19.8 Å². The molecule has 10 heteroatoms. The van der Waals surface area contributed by atoms with Gasteiger partial charge in [-0.05, 0) is 46.1 Å². The Kier molecular flexibility index (Phi) is 5.66. The Morgan fingerprint density at radius 1 is 1.23 bits per heavy atom. The van der Waals surface area contributed by atoms with E-state index in [1.807, 2.05) is 30.5 Å². The second-order valence-electron chi connectivity index (χ2n) is 9.59. The lowest BCUT2D eigenvalue weighted by atomic mass is 9.73. The first-order valence-corrected chi connectivity index (χ1v) is 12.9. The van der Waals surface area contributed by atoms with E-state index in [0.717, 1.165) is 36.2 Å². The fourth-order valence-electron chi connectivity index (χ4n) is 5.43. The van der Waals surface area contributed by atoms with Crippen LogP contribution in [0.15, 0.2) is 0 Å². The third-order valence-electron chi connectivity index (χ3n) is 7.34. The zero-order valence-electron chi connectivity index (χ0n) is 18.8. The number of carbonyl (C=O) groups excluding carboxylic acids is 2. The van der Waals surface area contributed by atoms with E-state index in [1.165, 1.54) is 4.90 Å². The first-order chi connectivity index (χ1) is 14.5. The Balaban J connectivity index is 1.46. The summed E-state index contributed by atoms with van der Waals surface area (Å²) in [6.45, 7) is 6.66. The van der Waals surface area contributed by atoms with Gasteiger partial charge >= 0.3 is 6.03 Å². The summed E-state index contributed by atoms with van der Waals surface area (Å²) < 4.78 is 25.6. The number of amides is 3. The third kappa shape index (κ3) is 3.88. The minimum absolute atomic E-state index is 0.114. The molecule has 172 valence electrons. The molecule has 3 aliphatic rings. The van der Waals surface area contributed by atoms with Gasteiger partial charge in [0, 0.05) is 17.8 Å². The number of hydrogen-bond acceptors (Lipinski definition) is 6. The summed E-state index contributed by atoms with van der Waals surface area (Å²) in [5.41, 5.74) is 2.06. The predicted octanol–water partition coefficient (Wildman–Crippen LogP) is 1.75. The Hall–Kier alpha value is -1.94. The topological polar surface area (TPSA) is 105 Å². The van der Waals surface area contributed by atoms with Crippen LogP contribution in [0.5, 0.6) is 0 Å². The van der Waals surface area contributed by atoms with E-state index in [9.17, 15) is 18.0 Å². The highest BCUT2D eigenvalue weighted by Crippen LogP contribution is 2.38. The first kappa shape index (κ1) is 22.3. The molecule has 3 heterocycles. The summed E-state index contributed by atoms with van der Waals surface area (Å²) in [6.07, 6.45) is 4.28. The van der Waals surface area contributed by atoms with Crippen LogP contribution < -0.4 is 5.32 Å². The van der Waals surface area contributed by atoms with Gasteiger partial charge in [0.2, 0.25) is 0 Å². The minimum atomic E-state index is -2.99. The fourth-order valence-corrected chi connectivity index (χ4v) is 7.13. The van der Waals surface area contributed by atoms with Crippen LogP contribution in [0, 0.1) is 19.8 Å². The fraction of sp³-hybridized carbons (Fsp3) is 0.762. The monoisotopic (exact) mass is 451 g/mol. The first-order valence-electron chi connectivity index (χ1n) is 11.1. The van der Waals surface area contributed by atoms with Gasteiger partial charge in [0.05, 0.1) is 29.9 Å². The number of urea groups is 1. The maximum Gasteiger partial charge on any atom is 0.326 e. The van der Waals surface area contributed by atoms with E-state index in [4.69, 9.17) is 0 Å². The summed E-state index contributed by atoms with van der Waals surface area (Å²) in [4.78, 5) is 29.1. The highest BCUT2D eigenvalue weighted by Gasteiger charge is 2.54. The molecule has 2 saturated heterocycles. The Bertz CT molecular complexity index is 1000. The quantitative estimate of drug-likeness (QED) is 0.684. The molecule has 0 radical (unpaired) electrons. The van der Waals surface area contributed by atoms with E-state index in [0.29, 0.717) is 19.4 Å². The maximum atomic E-state index is 13.2. The largest absolute Gasteiger partial charge is 0.326 e. The molecule has 0 aromatic carbocycles. The van der Waals surface area contributed by atoms with Crippen molar-refractivity contribution in [1.29, 1.82) is 0 Å². The van der Waals surface area contributed by atoms with Crippen molar-refractivity contribution in [3.05, 3.63) is 17.0 Å². The molecule has 1 N–H and O–H groups in total. The van der Waals surface area contributed by atoms with E-state index in [1.54, 1.807) is 0 Å². The molecule has 31 heavy (non-hydrogen) atoms. The van der Waals surface area contributed by atoms with Crippen LogP contribution in [0.25, 0.3) is 0 Å². The zero-order valence-corrected chi connectivity index (χ0v) is 19.7. The van der Waals surface area contributed by atoms with Gasteiger partial charge in [0.1, 0.15) is 5.54 Å². The highest BCUT2D eigenvalue weighted by molar-refractivity contribution is 7.91. The average molecular weight is 452 g/mol. The Labute approximate surface area is 184 Å². The summed E-state index contributed by atoms with van der Waals surface area (Å²) in [5.74, 6) is 0.361. The van der Waals surface area contributed by atoms with Gasteiger partial charge in [-0.3, -0.25) is 14.4 Å². The molecule has 2 aliphatic heterocycles. The minimum Gasteiger partial charge on any atom is -0.323 e. The molecule has 1 saturated carbocycles. The Morgan fingerprint density at radius 2 is 1.97 bits per heavy atom.